The summed E-state index contributed by atoms with van der Waals surface area (Å²) in [4.78, 5) is 0. The molecule has 2 rings (SSSR count). The van der Waals surface area contributed by atoms with Crippen molar-refractivity contribution in [3.63, 3.8) is 0 Å². The third-order valence-corrected chi connectivity index (χ3v) is 3.97. The van der Waals surface area contributed by atoms with Crippen molar-refractivity contribution in [2.24, 2.45) is 11.8 Å². The highest BCUT2D eigenvalue weighted by molar-refractivity contribution is 5.32. The molecule has 2 heteroatoms. The van der Waals surface area contributed by atoms with Crippen LogP contribution in [-0.4, -0.2) is 19.7 Å². The van der Waals surface area contributed by atoms with Crippen LogP contribution >= 0.6 is 0 Å². The zero-order valence-corrected chi connectivity index (χ0v) is 12.5. The van der Waals surface area contributed by atoms with Crippen molar-refractivity contribution >= 4 is 0 Å². The molecule has 1 aliphatic rings. The van der Waals surface area contributed by atoms with Crippen molar-refractivity contribution in [2.75, 3.05) is 19.7 Å². The molecule has 1 aliphatic carbocycles. The van der Waals surface area contributed by atoms with E-state index in [1.54, 1.807) is 0 Å². The summed E-state index contributed by atoms with van der Waals surface area (Å²) in [5.74, 6) is 3.27. The van der Waals surface area contributed by atoms with Crippen LogP contribution in [0.5, 0.6) is 5.75 Å². The molecular formula is C17H27NO. The van der Waals surface area contributed by atoms with E-state index in [2.05, 4.69) is 43.4 Å². The zero-order chi connectivity index (χ0) is 13.7. The summed E-state index contributed by atoms with van der Waals surface area (Å²) in [6, 6.07) is 8.65. The Kier molecular flexibility index (Phi) is 5.26. The zero-order valence-electron chi connectivity index (χ0n) is 12.5. The molecule has 1 N–H and O–H groups in total. The van der Waals surface area contributed by atoms with Gasteiger partial charge in [0, 0.05) is 0 Å². The molecule has 1 aromatic carbocycles. The first kappa shape index (κ1) is 14.4. The highest BCUT2D eigenvalue weighted by Crippen LogP contribution is 2.42. The van der Waals surface area contributed by atoms with Gasteiger partial charge in [-0.3, -0.25) is 0 Å². The van der Waals surface area contributed by atoms with E-state index < -0.39 is 0 Å². The monoisotopic (exact) mass is 261 g/mol. The van der Waals surface area contributed by atoms with E-state index in [-0.39, 0.29) is 0 Å². The van der Waals surface area contributed by atoms with Crippen molar-refractivity contribution in [2.45, 2.75) is 39.5 Å². The van der Waals surface area contributed by atoms with Crippen LogP contribution in [-0.2, 0) is 0 Å². The average molecular weight is 261 g/mol. The van der Waals surface area contributed by atoms with E-state index in [9.17, 15) is 0 Å². The molecule has 0 spiro atoms. The highest BCUT2D eigenvalue weighted by Gasteiger charge is 2.31. The van der Waals surface area contributed by atoms with E-state index in [0.29, 0.717) is 0 Å². The molecule has 0 radical (unpaired) electrons. The topological polar surface area (TPSA) is 21.3 Å². The first-order valence-corrected chi connectivity index (χ1v) is 7.64. The minimum absolute atomic E-state index is 0.722. The van der Waals surface area contributed by atoms with Crippen LogP contribution in [0.4, 0.5) is 0 Å². The minimum atomic E-state index is 0.722. The Labute approximate surface area is 117 Å². The lowest BCUT2D eigenvalue weighted by Crippen LogP contribution is -2.35. The van der Waals surface area contributed by atoms with Crippen molar-refractivity contribution in [1.29, 1.82) is 0 Å². The summed E-state index contributed by atoms with van der Waals surface area (Å²) in [5.41, 5.74) is 1.45. The lowest BCUT2D eigenvalue weighted by Gasteiger charge is -2.37. The third kappa shape index (κ3) is 3.97. The van der Waals surface area contributed by atoms with Crippen molar-refractivity contribution < 1.29 is 4.74 Å². The summed E-state index contributed by atoms with van der Waals surface area (Å²) >= 11 is 0. The van der Waals surface area contributed by atoms with Gasteiger partial charge in [0.1, 0.15) is 5.75 Å². The lowest BCUT2D eigenvalue weighted by molar-refractivity contribution is 0.242. The minimum Gasteiger partial charge on any atom is -0.494 e. The van der Waals surface area contributed by atoms with Crippen molar-refractivity contribution in [1.82, 2.24) is 5.32 Å². The molecule has 0 amide bonds. The lowest BCUT2D eigenvalue weighted by atomic mass is 9.70. The fourth-order valence-electron chi connectivity index (χ4n) is 2.81. The van der Waals surface area contributed by atoms with E-state index in [4.69, 9.17) is 4.74 Å². The normalized spacial score (nSPS) is 22.3. The van der Waals surface area contributed by atoms with Crippen LogP contribution in [0.15, 0.2) is 24.3 Å². The van der Waals surface area contributed by atoms with Crippen LogP contribution in [0.25, 0.3) is 0 Å². The predicted octanol–water partition coefficient (Wildman–Crippen LogP) is 3.82. The second kappa shape index (κ2) is 6.95. The van der Waals surface area contributed by atoms with Gasteiger partial charge in [0.15, 0.2) is 0 Å². The van der Waals surface area contributed by atoms with Gasteiger partial charge in [-0.05, 0) is 68.3 Å². The van der Waals surface area contributed by atoms with Gasteiger partial charge in [0.05, 0.1) is 6.61 Å². The van der Waals surface area contributed by atoms with E-state index >= 15 is 0 Å². The Hall–Kier alpha value is -1.02. The molecule has 1 fully saturated rings. The quantitative estimate of drug-likeness (QED) is 0.805. The number of benzene rings is 1. The van der Waals surface area contributed by atoms with E-state index in [0.717, 1.165) is 43.2 Å². The molecule has 0 saturated heterocycles. The summed E-state index contributed by atoms with van der Waals surface area (Å²) in [5, 5.41) is 3.60. The Morgan fingerprint density at radius 1 is 1.32 bits per heavy atom. The largest absolute Gasteiger partial charge is 0.494 e. The van der Waals surface area contributed by atoms with Crippen LogP contribution in [0.3, 0.4) is 0 Å². The molecule has 1 saturated carbocycles. The summed E-state index contributed by atoms with van der Waals surface area (Å²) in [7, 11) is 0. The summed E-state index contributed by atoms with van der Waals surface area (Å²) in [6.07, 6.45) is 2.68. The molecule has 2 atom stereocenters. The molecular weight excluding hydrogens is 234 g/mol. The maximum atomic E-state index is 5.60. The second-order valence-corrected chi connectivity index (χ2v) is 6.00. The summed E-state index contributed by atoms with van der Waals surface area (Å²) < 4.78 is 5.60. The second-order valence-electron chi connectivity index (χ2n) is 6.00. The van der Waals surface area contributed by atoms with Crippen molar-refractivity contribution in [3.05, 3.63) is 29.8 Å². The standard InChI is InChI=1S/C17H27NO/c1-4-19-16-7-5-6-14(10-16)17-9-8-15(17)12-18-11-13(2)3/h5-7,10,13,15,17-18H,4,8-9,11-12H2,1-3H3. The molecule has 19 heavy (non-hydrogen) atoms. The molecule has 106 valence electrons. The maximum Gasteiger partial charge on any atom is 0.119 e. The molecule has 2 nitrogen and oxygen atoms in total. The van der Waals surface area contributed by atoms with Gasteiger partial charge in [0.2, 0.25) is 0 Å². The highest BCUT2D eigenvalue weighted by atomic mass is 16.5. The number of rotatable bonds is 7. The first-order valence-electron chi connectivity index (χ1n) is 7.64. The van der Waals surface area contributed by atoms with E-state index in [1.807, 2.05) is 6.92 Å². The molecule has 0 aliphatic heterocycles. The van der Waals surface area contributed by atoms with Gasteiger partial charge in [-0.15, -0.1) is 0 Å². The Balaban J connectivity index is 1.89. The van der Waals surface area contributed by atoms with Gasteiger partial charge in [-0.25, -0.2) is 0 Å². The fourth-order valence-corrected chi connectivity index (χ4v) is 2.81. The molecule has 2 unspecified atom stereocenters. The van der Waals surface area contributed by atoms with Crippen molar-refractivity contribution in [3.8, 4) is 5.75 Å². The van der Waals surface area contributed by atoms with Gasteiger partial charge in [-0.2, -0.15) is 0 Å². The summed E-state index contributed by atoms with van der Waals surface area (Å²) in [6.45, 7) is 9.58. The van der Waals surface area contributed by atoms with Gasteiger partial charge < -0.3 is 10.1 Å². The SMILES string of the molecule is CCOc1cccc(C2CCC2CNCC(C)C)c1. The molecule has 0 aromatic heterocycles. The smallest absolute Gasteiger partial charge is 0.119 e. The van der Waals surface area contributed by atoms with Crippen LogP contribution < -0.4 is 10.1 Å². The number of nitrogens with one attached hydrogen (secondary N) is 1. The number of hydrogen-bond donors (Lipinski definition) is 1. The van der Waals surface area contributed by atoms with Gasteiger partial charge in [0.25, 0.3) is 0 Å². The Morgan fingerprint density at radius 3 is 2.79 bits per heavy atom. The van der Waals surface area contributed by atoms with Gasteiger partial charge >= 0.3 is 0 Å². The van der Waals surface area contributed by atoms with E-state index in [1.165, 1.54) is 18.4 Å². The van der Waals surface area contributed by atoms with Gasteiger partial charge in [-0.1, -0.05) is 26.0 Å². The third-order valence-electron chi connectivity index (χ3n) is 3.97. The number of ether oxygens (including phenoxy) is 1. The van der Waals surface area contributed by atoms with Crippen LogP contribution in [0.1, 0.15) is 45.1 Å². The first-order chi connectivity index (χ1) is 9.20. The average Bonchev–Trinajstić information content (AvgIpc) is 2.34. The maximum absolute atomic E-state index is 5.60. The van der Waals surface area contributed by atoms with Crippen LogP contribution in [0, 0.1) is 11.8 Å². The molecule has 0 heterocycles. The molecule has 0 bridgehead atoms. The predicted molar refractivity (Wildman–Crippen MR) is 80.8 cm³/mol. The Bertz CT molecular complexity index is 389. The molecule has 1 aromatic rings. The fraction of sp³-hybridized carbons (Fsp3) is 0.647. The number of hydrogen-bond acceptors (Lipinski definition) is 2. The Morgan fingerprint density at radius 2 is 2.16 bits per heavy atom. The van der Waals surface area contributed by atoms with Crippen LogP contribution in [0.2, 0.25) is 0 Å².